The molecule has 0 spiro atoms. The molecule has 0 aliphatic rings. The van der Waals surface area contributed by atoms with Gasteiger partial charge in [0, 0.05) is 12.7 Å². The number of hydrogen-bond donors (Lipinski definition) is 1. The summed E-state index contributed by atoms with van der Waals surface area (Å²) in [5.74, 6) is 0.900. The van der Waals surface area contributed by atoms with Crippen molar-refractivity contribution in [3.05, 3.63) is 41.3 Å². The Hall–Kier alpha value is -2.48. The highest BCUT2D eigenvalue weighted by Gasteiger charge is 2.19. The fraction of sp³-hybridized carbons (Fsp3) is 0.353. The summed E-state index contributed by atoms with van der Waals surface area (Å²) in [6.45, 7) is 3.29. The first-order valence-electron chi connectivity index (χ1n) is 7.68. The van der Waals surface area contributed by atoms with Crippen molar-refractivity contribution in [2.75, 3.05) is 13.7 Å². The Morgan fingerprint density at radius 1 is 1.20 bits per heavy atom. The standard InChI is InChI=1S/C17H20N2O5S/c1-4-23-17(21)15-16(19-14(18-15)9-24-11(2)20)25-10-12-5-7-13(22-3)8-6-12/h5-8H,4,9-10H2,1-3H3,(H,18,19). The monoisotopic (exact) mass is 364 g/mol. The number of aromatic amines is 1. The number of carbonyl (C=O) groups excluding carboxylic acids is 2. The van der Waals surface area contributed by atoms with Crippen LogP contribution in [-0.2, 0) is 26.6 Å². The lowest BCUT2D eigenvalue weighted by molar-refractivity contribution is -0.142. The zero-order valence-corrected chi connectivity index (χ0v) is 15.1. The van der Waals surface area contributed by atoms with Crippen LogP contribution in [0.1, 0.15) is 35.7 Å². The zero-order valence-electron chi connectivity index (χ0n) is 14.3. The van der Waals surface area contributed by atoms with E-state index in [1.54, 1.807) is 14.0 Å². The lowest BCUT2D eigenvalue weighted by atomic mass is 10.2. The molecule has 0 aliphatic carbocycles. The van der Waals surface area contributed by atoms with Crippen molar-refractivity contribution < 1.29 is 23.8 Å². The van der Waals surface area contributed by atoms with Crippen LogP contribution in [0.3, 0.4) is 0 Å². The molecular weight excluding hydrogens is 344 g/mol. The normalized spacial score (nSPS) is 10.4. The van der Waals surface area contributed by atoms with Gasteiger partial charge in [0.15, 0.2) is 5.69 Å². The predicted molar refractivity (Wildman–Crippen MR) is 92.6 cm³/mol. The fourth-order valence-electron chi connectivity index (χ4n) is 1.96. The molecule has 0 radical (unpaired) electrons. The smallest absolute Gasteiger partial charge is 0.357 e. The molecule has 0 aliphatic heterocycles. The van der Waals surface area contributed by atoms with Crippen molar-refractivity contribution in [2.45, 2.75) is 31.2 Å². The number of carbonyl (C=O) groups is 2. The fourth-order valence-corrected chi connectivity index (χ4v) is 2.91. The third-order valence-corrected chi connectivity index (χ3v) is 4.19. The number of imidazole rings is 1. The predicted octanol–water partition coefficient (Wildman–Crippen LogP) is 2.95. The van der Waals surface area contributed by atoms with Crippen LogP contribution < -0.4 is 4.74 Å². The number of hydrogen-bond acceptors (Lipinski definition) is 7. The largest absolute Gasteiger partial charge is 0.497 e. The van der Waals surface area contributed by atoms with Gasteiger partial charge in [0.2, 0.25) is 0 Å². The van der Waals surface area contributed by atoms with Crippen LogP contribution in [-0.4, -0.2) is 35.6 Å². The van der Waals surface area contributed by atoms with Crippen molar-refractivity contribution in [3.8, 4) is 5.75 Å². The van der Waals surface area contributed by atoms with Crippen LogP contribution in [0, 0.1) is 0 Å². The number of aromatic nitrogens is 2. The minimum atomic E-state index is -0.485. The van der Waals surface area contributed by atoms with E-state index in [-0.39, 0.29) is 18.9 Å². The summed E-state index contributed by atoms with van der Waals surface area (Å²) >= 11 is 1.40. The Labute approximate surface area is 150 Å². The molecule has 0 fully saturated rings. The second-order valence-electron chi connectivity index (χ2n) is 5.00. The summed E-state index contributed by atoms with van der Waals surface area (Å²) < 4.78 is 15.1. The first kappa shape index (κ1) is 18.9. The highest BCUT2D eigenvalue weighted by atomic mass is 32.2. The van der Waals surface area contributed by atoms with Gasteiger partial charge in [-0.1, -0.05) is 23.9 Å². The molecule has 1 heterocycles. The Kier molecular flexibility index (Phi) is 6.88. The minimum absolute atomic E-state index is 0.0230. The van der Waals surface area contributed by atoms with Gasteiger partial charge in [-0.2, -0.15) is 0 Å². The van der Waals surface area contributed by atoms with Gasteiger partial charge >= 0.3 is 11.9 Å². The minimum Gasteiger partial charge on any atom is -0.497 e. The summed E-state index contributed by atoms with van der Waals surface area (Å²) in [6.07, 6.45) is 0. The number of thioether (sulfide) groups is 1. The summed E-state index contributed by atoms with van der Waals surface area (Å²) in [5, 5.41) is 0.511. The zero-order chi connectivity index (χ0) is 18.2. The number of rotatable bonds is 8. The molecule has 1 aromatic heterocycles. The number of nitrogens with one attached hydrogen (secondary N) is 1. The third kappa shape index (κ3) is 5.53. The molecule has 0 bridgehead atoms. The SMILES string of the molecule is CCOC(=O)c1[nH]c(COC(C)=O)nc1SCc1ccc(OC)cc1. The molecule has 1 N–H and O–H groups in total. The van der Waals surface area contributed by atoms with Gasteiger partial charge in [0.05, 0.1) is 13.7 Å². The number of H-pyrrole nitrogens is 1. The maximum absolute atomic E-state index is 12.1. The Balaban J connectivity index is 2.12. The second kappa shape index (κ2) is 9.12. The molecule has 1 aromatic carbocycles. The van der Waals surface area contributed by atoms with E-state index in [1.807, 2.05) is 24.3 Å². The van der Waals surface area contributed by atoms with Crippen LogP contribution in [0.15, 0.2) is 29.3 Å². The lowest BCUT2D eigenvalue weighted by Crippen LogP contribution is -2.07. The van der Waals surface area contributed by atoms with Crippen molar-refractivity contribution in [1.82, 2.24) is 9.97 Å². The second-order valence-corrected chi connectivity index (χ2v) is 5.97. The van der Waals surface area contributed by atoms with Crippen molar-refractivity contribution >= 4 is 23.7 Å². The highest BCUT2D eigenvalue weighted by Crippen LogP contribution is 2.26. The van der Waals surface area contributed by atoms with E-state index in [1.165, 1.54) is 18.7 Å². The summed E-state index contributed by atoms with van der Waals surface area (Å²) in [6, 6.07) is 7.64. The third-order valence-electron chi connectivity index (χ3n) is 3.15. The Morgan fingerprint density at radius 3 is 2.52 bits per heavy atom. The molecule has 8 heteroatoms. The van der Waals surface area contributed by atoms with Gasteiger partial charge in [-0.3, -0.25) is 4.79 Å². The summed E-state index contributed by atoms with van der Waals surface area (Å²) in [4.78, 5) is 30.2. The Morgan fingerprint density at radius 2 is 1.92 bits per heavy atom. The first-order chi connectivity index (χ1) is 12.0. The number of benzene rings is 1. The topological polar surface area (TPSA) is 90.5 Å². The number of methoxy groups -OCH3 is 1. The van der Waals surface area contributed by atoms with Gasteiger partial charge in [-0.15, -0.1) is 0 Å². The molecule has 2 rings (SSSR count). The van der Waals surface area contributed by atoms with Crippen molar-refractivity contribution in [2.24, 2.45) is 0 Å². The van der Waals surface area contributed by atoms with Crippen molar-refractivity contribution in [1.29, 1.82) is 0 Å². The summed E-state index contributed by atoms with van der Waals surface area (Å²) in [7, 11) is 1.61. The van der Waals surface area contributed by atoms with Gasteiger partial charge in [-0.05, 0) is 24.6 Å². The lowest BCUT2D eigenvalue weighted by Gasteiger charge is -2.04. The molecule has 25 heavy (non-hydrogen) atoms. The van der Waals surface area contributed by atoms with Crippen LogP contribution in [0.25, 0.3) is 0 Å². The molecule has 7 nitrogen and oxygen atoms in total. The van der Waals surface area contributed by atoms with E-state index in [0.717, 1.165) is 11.3 Å². The molecule has 0 saturated carbocycles. The average Bonchev–Trinajstić information content (AvgIpc) is 3.02. The first-order valence-corrected chi connectivity index (χ1v) is 8.67. The van der Waals surface area contributed by atoms with Gasteiger partial charge in [-0.25, -0.2) is 9.78 Å². The van der Waals surface area contributed by atoms with E-state index < -0.39 is 11.9 Å². The van der Waals surface area contributed by atoms with Gasteiger partial charge < -0.3 is 19.2 Å². The van der Waals surface area contributed by atoms with Crippen molar-refractivity contribution in [3.63, 3.8) is 0 Å². The molecule has 0 atom stereocenters. The van der Waals surface area contributed by atoms with E-state index in [2.05, 4.69) is 9.97 Å². The number of nitrogens with zero attached hydrogens (tertiary/aromatic N) is 1. The van der Waals surface area contributed by atoms with E-state index in [9.17, 15) is 9.59 Å². The molecule has 0 unspecified atom stereocenters. The van der Waals surface area contributed by atoms with E-state index >= 15 is 0 Å². The number of ether oxygens (including phenoxy) is 3. The van der Waals surface area contributed by atoms with Crippen LogP contribution >= 0.6 is 11.8 Å². The van der Waals surface area contributed by atoms with E-state index in [4.69, 9.17) is 14.2 Å². The number of esters is 2. The van der Waals surface area contributed by atoms with Gasteiger partial charge in [0.25, 0.3) is 0 Å². The molecule has 0 amide bonds. The maximum Gasteiger partial charge on any atom is 0.357 e. The highest BCUT2D eigenvalue weighted by molar-refractivity contribution is 7.98. The maximum atomic E-state index is 12.1. The Bertz CT molecular complexity index is 727. The average molecular weight is 364 g/mol. The van der Waals surface area contributed by atoms with E-state index in [0.29, 0.717) is 16.6 Å². The van der Waals surface area contributed by atoms with Gasteiger partial charge in [0.1, 0.15) is 23.2 Å². The van der Waals surface area contributed by atoms with Crippen LogP contribution in [0.5, 0.6) is 5.75 Å². The van der Waals surface area contributed by atoms with Crippen LogP contribution in [0.4, 0.5) is 0 Å². The molecule has 2 aromatic rings. The molecular formula is C17H20N2O5S. The summed E-state index contributed by atoms with van der Waals surface area (Å²) in [5.41, 5.74) is 1.33. The molecule has 134 valence electrons. The molecule has 0 saturated heterocycles. The van der Waals surface area contributed by atoms with Crippen LogP contribution in [0.2, 0.25) is 0 Å². The quantitative estimate of drug-likeness (QED) is 0.569.